The van der Waals surface area contributed by atoms with Gasteiger partial charge in [-0.3, -0.25) is 0 Å². The lowest BCUT2D eigenvalue weighted by molar-refractivity contribution is 0.118. The third-order valence-electron chi connectivity index (χ3n) is 4.44. The molecule has 116 valence electrons. The molecule has 1 aromatic carbocycles. The van der Waals surface area contributed by atoms with Crippen molar-refractivity contribution in [3.63, 3.8) is 0 Å². The normalized spacial score (nSPS) is 25.3. The predicted molar refractivity (Wildman–Crippen MR) is 78.4 cm³/mol. The highest BCUT2D eigenvalue weighted by atomic mass is 19.1. The fraction of sp³-hybridized carbons (Fsp3) is 0.625. The number of likely N-dealkylation sites (N-methyl/N-ethyl adjacent to an activating group) is 1. The SMILES string of the molecule is CC1OCCC1N(C)c1c(F)cc(CNC2CC2)cc1F. The molecule has 3 nitrogen and oxygen atoms in total. The lowest BCUT2D eigenvalue weighted by atomic mass is 10.1. The van der Waals surface area contributed by atoms with E-state index in [0.717, 1.165) is 19.3 Å². The molecule has 21 heavy (non-hydrogen) atoms. The Morgan fingerprint density at radius 1 is 1.24 bits per heavy atom. The van der Waals surface area contributed by atoms with Crippen LogP contribution < -0.4 is 10.2 Å². The number of hydrogen-bond acceptors (Lipinski definition) is 3. The molecule has 0 radical (unpaired) electrons. The van der Waals surface area contributed by atoms with E-state index in [-0.39, 0.29) is 17.8 Å². The molecule has 2 unspecified atom stereocenters. The predicted octanol–water partition coefficient (Wildman–Crippen LogP) is 2.83. The standard InChI is InChI=1S/C16H22F2N2O/c1-10-15(5-6-21-10)20(2)16-13(17)7-11(8-14(16)18)9-19-12-3-4-12/h7-8,10,12,15,19H,3-6,9H2,1-2H3. The van der Waals surface area contributed by atoms with Crippen LogP contribution in [0.5, 0.6) is 0 Å². The molecular formula is C16H22F2N2O. The number of halogens is 2. The minimum atomic E-state index is -0.496. The smallest absolute Gasteiger partial charge is 0.149 e. The molecule has 1 N–H and O–H groups in total. The van der Waals surface area contributed by atoms with Crippen LogP contribution in [0, 0.1) is 11.6 Å². The van der Waals surface area contributed by atoms with Gasteiger partial charge in [0.15, 0.2) is 0 Å². The second-order valence-corrected chi connectivity index (χ2v) is 6.11. The van der Waals surface area contributed by atoms with Crippen molar-refractivity contribution in [2.24, 2.45) is 0 Å². The summed E-state index contributed by atoms with van der Waals surface area (Å²) in [5.41, 5.74) is 0.706. The Bertz CT molecular complexity index is 496. The van der Waals surface area contributed by atoms with Crippen molar-refractivity contribution in [2.75, 3.05) is 18.6 Å². The van der Waals surface area contributed by atoms with Crippen molar-refractivity contribution in [3.05, 3.63) is 29.3 Å². The van der Waals surface area contributed by atoms with E-state index in [9.17, 15) is 8.78 Å². The molecule has 1 saturated heterocycles. The lowest BCUT2D eigenvalue weighted by Gasteiger charge is -2.29. The first-order valence-electron chi connectivity index (χ1n) is 7.62. The first-order valence-corrected chi connectivity index (χ1v) is 7.62. The molecule has 1 saturated carbocycles. The summed E-state index contributed by atoms with van der Waals surface area (Å²) >= 11 is 0. The molecule has 0 amide bonds. The second-order valence-electron chi connectivity index (χ2n) is 6.11. The summed E-state index contributed by atoms with van der Waals surface area (Å²) in [5, 5.41) is 3.27. The molecule has 1 aromatic rings. The van der Waals surface area contributed by atoms with Crippen molar-refractivity contribution in [1.29, 1.82) is 0 Å². The van der Waals surface area contributed by atoms with E-state index in [1.807, 2.05) is 6.92 Å². The summed E-state index contributed by atoms with van der Waals surface area (Å²) in [6.07, 6.45) is 3.10. The average molecular weight is 296 g/mol. The van der Waals surface area contributed by atoms with E-state index in [4.69, 9.17) is 4.74 Å². The van der Waals surface area contributed by atoms with E-state index in [0.29, 0.717) is 24.8 Å². The van der Waals surface area contributed by atoms with Crippen LogP contribution in [0.1, 0.15) is 31.7 Å². The van der Waals surface area contributed by atoms with Crippen molar-refractivity contribution < 1.29 is 13.5 Å². The largest absolute Gasteiger partial charge is 0.376 e. The maximum absolute atomic E-state index is 14.3. The molecule has 2 fully saturated rings. The van der Waals surface area contributed by atoms with E-state index < -0.39 is 11.6 Å². The molecule has 1 aliphatic carbocycles. The molecular weight excluding hydrogens is 274 g/mol. The summed E-state index contributed by atoms with van der Waals surface area (Å²) in [6, 6.07) is 3.41. The number of anilines is 1. The zero-order valence-corrected chi connectivity index (χ0v) is 12.5. The molecule has 0 spiro atoms. The van der Waals surface area contributed by atoms with Gasteiger partial charge in [0.25, 0.3) is 0 Å². The fourth-order valence-electron chi connectivity index (χ4n) is 3.00. The number of hydrogen-bond donors (Lipinski definition) is 1. The summed E-state index contributed by atoms with van der Waals surface area (Å²) in [5.74, 6) is -0.992. The molecule has 5 heteroatoms. The van der Waals surface area contributed by atoms with Crippen LogP contribution in [0.2, 0.25) is 0 Å². The molecule has 1 heterocycles. The Morgan fingerprint density at radius 2 is 1.90 bits per heavy atom. The minimum Gasteiger partial charge on any atom is -0.376 e. The number of nitrogens with zero attached hydrogens (tertiary/aromatic N) is 1. The Kier molecular flexibility index (Phi) is 4.13. The van der Waals surface area contributed by atoms with Gasteiger partial charge in [-0.25, -0.2) is 8.78 Å². The van der Waals surface area contributed by atoms with Gasteiger partial charge in [-0.2, -0.15) is 0 Å². The van der Waals surface area contributed by atoms with Gasteiger partial charge in [-0.05, 0) is 43.9 Å². The zero-order chi connectivity index (χ0) is 15.0. The minimum absolute atomic E-state index is 0.00925. The first kappa shape index (κ1) is 14.7. The van der Waals surface area contributed by atoms with Crippen LogP contribution in [0.4, 0.5) is 14.5 Å². The van der Waals surface area contributed by atoms with Gasteiger partial charge < -0.3 is 15.0 Å². The van der Waals surface area contributed by atoms with Crippen molar-refractivity contribution in [3.8, 4) is 0 Å². The summed E-state index contributed by atoms with van der Waals surface area (Å²) in [6.45, 7) is 3.10. The first-order chi connectivity index (χ1) is 10.1. The van der Waals surface area contributed by atoms with Crippen molar-refractivity contribution in [2.45, 2.75) is 50.9 Å². The fourth-order valence-corrected chi connectivity index (χ4v) is 3.00. The monoisotopic (exact) mass is 296 g/mol. The van der Waals surface area contributed by atoms with Gasteiger partial charge >= 0.3 is 0 Å². The van der Waals surface area contributed by atoms with Crippen LogP contribution in [-0.2, 0) is 11.3 Å². The third-order valence-corrected chi connectivity index (χ3v) is 4.44. The van der Waals surface area contributed by atoms with Crippen LogP contribution >= 0.6 is 0 Å². The Balaban J connectivity index is 1.77. The number of benzene rings is 1. The number of rotatable bonds is 5. The highest BCUT2D eigenvalue weighted by Crippen LogP contribution is 2.30. The zero-order valence-electron chi connectivity index (χ0n) is 12.5. The van der Waals surface area contributed by atoms with E-state index in [1.54, 1.807) is 11.9 Å². The van der Waals surface area contributed by atoms with Gasteiger partial charge in [0.1, 0.15) is 17.3 Å². The van der Waals surface area contributed by atoms with Gasteiger partial charge in [-0.15, -0.1) is 0 Å². The second kappa shape index (κ2) is 5.89. The quantitative estimate of drug-likeness (QED) is 0.904. The molecule has 0 aromatic heterocycles. The molecule has 2 aliphatic rings. The summed E-state index contributed by atoms with van der Waals surface area (Å²) in [7, 11) is 1.74. The third kappa shape index (κ3) is 3.19. The van der Waals surface area contributed by atoms with Gasteiger partial charge in [0.2, 0.25) is 0 Å². The van der Waals surface area contributed by atoms with E-state index in [1.165, 1.54) is 12.1 Å². The summed E-state index contributed by atoms with van der Waals surface area (Å²) in [4.78, 5) is 1.68. The molecule has 2 atom stereocenters. The van der Waals surface area contributed by atoms with Gasteiger partial charge in [-0.1, -0.05) is 0 Å². The van der Waals surface area contributed by atoms with Crippen LogP contribution in [0.25, 0.3) is 0 Å². The highest BCUT2D eigenvalue weighted by Gasteiger charge is 2.31. The summed E-state index contributed by atoms with van der Waals surface area (Å²) < 4.78 is 34.2. The molecule has 3 rings (SSSR count). The van der Waals surface area contributed by atoms with Gasteiger partial charge in [0, 0.05) is 26.2 Å². The maximum Gasteiger partial charge on any atom is 0.149 e. The van der Waals surface area contributed by atoms with Crippen LogP contribution in [0.3, 0.4) is 0 Å². The van der Waals surface area contributed by atoms with E-state index >= 15 is 0 Å². The Hall–Kier alpha value is -1.20. The lowest BCUT2D eigenvalue weighted by Crippen LogP contribution is -2.37. The van der Waals surface area contributed by atoms with Crippen LogP contribution in [-0.4, -0.2) is 31.8 Å². The van der Waals surface area contributed by atoms with Gasteiger partial charge in [0.05, 0.1) is 12.1 Å². The van der Waals surface area contributed by atoms with Crippen LogP contribution in [0.15, 0.2) is 12.1 Å². The molecule has 1 aliphatic heterocycles. The molecule has 0 bridgehead atoms. The average Bonchev–Trinajstić information content (AvgIpc) is 3.16. The Morgan fingerprint density at radius 3 is 2.43 bits per heavy atom. The van der Waals surface area contributed by atoms with E-state index in [2.05, 4.69) is 5.32 Å². The highest BCUT2D eigenvalue weighted by molar-refractivity contribution is 5.51. The van der Waals surface area contributed by atoms with Crippen molar-refractivity contribution in [1.82, 2.24) is 5.32 Å². The Labute approximate surface area is 124 Å². The number of nitrogens with one attached hydrogen (secondary N) is 1. The number of ether oxygens (including phenoxy) is 1. The maximum atomic E-state index is 14.3. The topological polar surface area (TPSA) is 24.5 Å². The van der Waals surface area contributed by atoms with Crippen molar-refractivity contribution >= 4 is 5.69 Å².